The van der Waals surface area contributed by atoms with Gasteiger partial charge in [0, 0.05) is 38.9 Å². The highest BCUT2D eigenvalue weighted by Gasteiger charge is 2.26. The molecular weight excluding hydrogens is 252 g/mol. The molecule has 5 heteroatoms. The Kier molecular flexibility index (Phi) is 5.49. The molecule has 1 aliphatic heterocycles. The average Bonchev–Trinajstić information content (AvgIpc) is 2.53. The number of nitrogens with one attached hydrogen (secondary N) is 1. The minimum Gasteiger partial charge on any atom is -0.339 e. The molecular formula is C15H24N4O. The van der Waals surface area contributed by atoms with Crippen molar-refractivity contribution < 1.29 is 4.79 Å². The summed E-state index contributed by atoms with van der Waals surface area (Å²) in [6.07, 6.45) is 1.80. The number of rotatable bonds is 5. The van der Waals surface area contributed by atoms with E-state index >= 15 is 0 Å². The zero-order chi connectivity index (χ0) is 14.4. The minimum absolute atomic E-state index is 0.0971. The van der Waals surface area contributed by atoms with Crippen LogP contribution in [0.15, 0.2) is 24.4 Å². The van der Waals surface area contributed by atoms with Crippen LogP contribution < -0.4 is 5.32 Å². The van der Waals surface area contributed by atoms with E-state index in [1.54, 1.807) is 6.20 Å². The standard InChI is InChI=1S/C15H24N4O/c1-3-18(12-14-6-4-5-7-17-14)13(2)15(20)19-10-8-16-9-11-19/h4-7,13,16H,3,8-12H2,1-2H3. The van der Waals surface area contributed by atoms with Gasteiger partial charge in [-0.25, -0.2) is 0 Å². The van der Waals surface area contributed by atoms with Crippen LogP contribution in [0.2, 0.25) is 0 Å². The predicted molar refractivity (Wildman–Crippen MR) is 79.2 cm³/mol. The van der Waals surface area contributed by atoms with E-state index in [0.29, 0.717) is 0 Å². The highest BCUT2D eigenvalue weighted by Crippen LogP contribution is 2.09. The Morgan fingerprint density at radius 2 is 2.20 bits per heavy atom. The second-order valence-corrected chi connectivity index (χ2v) is 5.14. The Bertz CT molecular complexity index is 417. The van der Waals surface area contributed by atoms with Crippen molar-refractivity contribution in [3.8, 4) is 0 Å². The topological polar surface area (TPSA) is 48.5 Å². The summed E-state index contributed by atoms with van der Waals surface area (Å²) in [5, 5.41) is 3.27. The monoisotopic (exact) mass is 276 g/mol. The number of carbonyl (C=O) groups excluding carboxylic acids is 1. The van der Waals surface area contributed by atoms with Crippen LogP contribution in [0.1, 0.15) is 19.5 Å². The van der Waals surface area contributed by atoms with Gasteiger partial charge in [0.05, 0.1) is 11.7 Å². The number of hydrogen-bond donors (Lipinski definition) is 1. The first kappa shape index (κ1) is 14.9. The summed E-state index contributed by atoms with van der Waals surface area (Å²) in [5.41, 5.74) is 1.01. The van der Waals surface area contributed by atoms with E-state index < -0.39 is 0 Å². The van der Waals surface area contributed by atoms with Gasteiger partial charge < -0.3 is 10.2 Å². The first-order valence-electron chi connectivity index (χ1n) is 7.36. The Morgan fingerprint density at radius 3 is 2.80 bits per heavy atom. The summed E-state index contributed by atoms with van der Waals surface area (Å²) >= 11 is 0. The molecule has 1 N–H and O–H groups in total. The molecule has 1 fully saturated rings. The van der Waals surface area contributed by atoms with E-state index in [-0.39, 0.29) is 11.9 Å². The van der Waals surface area contributed by atoms with Crippen LogP contribution in [0.3, 0.4) is 0 Å². The van der Waals surface area contributed by atoms with Crippen LogP contribution in [-0.4, -0.2) is 59.5 Å². The van der Waals surface area contributed by atoms with Crippen LogP contribution >= 0.6 is 0 Å². The molecule has 5 nitrogen and oxygen atoms in total. The lowest BCUT2D eigenvalue weighted by Crippen LogP contribution is -2.53. The maximum Gasteiger partial charge on any atom is 0.239 e. The quantitative estimate of drug-likeness (QED) is 0.861. The molecule has 1 saturated heterocycles. The lowest BCUT2D eigenvalue weighted by atomic mass is 10.2. The molecule has 20 heavy (non-hydrogen) atoms. The number of amides is 1. The fraction of sp³-hybridized carbons (Fsp3) is 0.600. The summed E-state index contributed by atoms with van der Waals surface area (Å²) < 4.78 is 0. The van der Waals surface area contributed by atoms with Crippen molar-refractivity contribution in [2.75, 3.05) is 32.7 Å². The molecule has 1 aromatic rings. The number of likely N-dealkylation sites (N-methyl/N-ethyl adjacent to an activating group) is 1. The fourth-order valence-electron chi connectivity index (χ4n) is 2.53. The van der Waals surface area contributed by atoms with E-state index in [1.165, 1.54) is 0 Å². The minimum atomic E-state index is -0.0971. The molecule has 2 heterocycles. The Morgan fingerprint density at radius 1 is 1.45 bits per heavy atom. The van der Waals surface area contributed by atoms with Gasteiger partial charge in [-0.1, -0.05) is 13.0 Å². The Balaban J connectivity index is 1.97. The number of carbonyl (C=O) groups is 1. The Hall–Kier alpha value is -1.46. The molecule has 0 aromatic carbocycles. The van der Waals surface area contributed by atoms with E-state index in [2.05, 4.69) is 22.1 Å². The van der Waals surface area contributed by atoms with Crippen molar-refractivity contribution >= 4 is 5.91 Å². The SMILES string of the molecule is CCN(Cc1ccccn1)C(C)C(=O)N1CCNCC1. The molecule has 1 aromatic heterocycles. The van der Waals surface area contributed by atoms with Gasteiger partial charge in [-0.15, -0.1) is 0 Å². The van der Waals surface area contributed by atoms with Crippen molar-refractivity contribution in [3.05, 3.63) is 30.1 Å². The van der Waals surface area contributed by atoms with Gasteiger partial charge >= 0.3 is 0 Å². The van der Waals surface area contributed by atoms with E-state index in [0.717, 1.165) is 45.0 Å². The fourth-order valence-corrected chi connectivity index (χ4v) is 2.53. The number of piperazine rings is 1. The second-order valence-electron chi connectivity index (χ2n) is 5.14. The highest BCUT2D eigenvalue weighted by molar-refractivity contribution is 5.81. The normalized spacial score (nSPS) is 17.2. The third-order valence-corrected chi connectivity index (χ3v) is 3.83. The molecule has 1 atom stereocenters. The van der Waals surface area contributed by atoms with E-state index in [9.17, 15) is 4.79 Å². The van der Waals surface area contributed by atoms with Crippen LogP contribution in [0.5, 0.6) is 0 Å². The number of pyridine rings is 1. The molecule has 0 spiro atoms. The molecule has 1 unspecified atom stereocenters. The van der Waals surface area contributed by atoms with E-state index in [1.807, 2.05) is 30.0 Å². The third kappa shape index (κ3) is 3.77. The lowest BCUT2D eigenvalue weighted by molar-refractivity contribution is -0.137. The summed E-state index contributed by atoms with van der Waals surface area (Å²) in [6, 6.07) is 5.80. The molecule has 0 aliphatic carbocycles. The summed E-state index contributed by atoms with van der Waals surface area (Å²) in [5.74, 6) is 0.226. The van der Waals surface area contributed by atoms with Crippen LogP contribution in [0.4, 0.5) is 0 Å². The zero-order valence-corrected chi connectivity index (χ0v) is 12.4. The van der Waals surface area contributed by atoms with Crippen molar-refractivity contribution in [2.45, 2.75) is 26.4 Å². The van der Waals surface area contributed by atoms with Gasteiger partial charge in [-0.3, -0.25) is 14.7 Å². The van der Waals surface area contributed by atoms with Gasteiger partial charge in [-0.2, -0.15) is 0 Å². The molecule has 1 amide bonds. The Labute approximate surface area is 121 Å². The van der Waals surface area contributed by atoms with Gasteiger partial charge in [0.1, 0.15) is 0 Å². The summed E-state index contributed by atoms with van der Waals surface area (Å²) in [4.78, 5) is 21.0. The molecule has 2 rings (SSSR count). The molecule has 0 radical (unpaired) electrons. The number of nitrogens with zero attached hydrogens (tertiary/aromatic N) is 3. The first-order valence-corrected chi connectivity index (χ1v) is 7.36. The van der Waals surface area contributed by atoms with Gasteiger partial charge in [-0.05, 0) is 25.6 Å². The molecule has 110 valence electrons. The maximum absolute atomic E-state index is 12.5. The van der Waals surface area contributed by atoms with Gasteiger partial charge in [0.25, 0.3) is 0 Å². The highest BCUT2D eigenvalue weighted by atomic mass is 16.2. The lowest BCUT2D eigenvalue weighted by Gasteiger charge is -2.34. The molecule has 0 bridgehead atoms. The number of hydrogen-bond acceptors (Lipinski definition) is 4. The molecule has 1 aliphatic rings. The largest absolute Gasteiger partial charge is 0.339 e. The van der Waals surface area contributed by atoms with Crippen LogP contribution in [-0.2, 0) is 11.3 Å². The second kappa shape index (κ2) is 7.36. The van der Waals surface area contributed by atoms with Crippen molar-refractivity contribution in [3.63, 3.8) is 0 Å². The van der Waals surface area contributed by atoms with Crippen LogP contribution in [0, 0.1) is 0 Å². The van der Waals surface area contributed by atoms with Gasteiger partial charge in [0.2, 0.25) is 5.91 Å². The smallest absolute Gasteiger partial charge is 0.239 e. The first-order chi connectivity index (χ1) is 9.72. The van der Waals surface area contributed by atoms with Crippen molar-refractivity contribution in [2.24, 2.45) is 0 Å². The van der Waals surface area contributed by atoms with Crippen LogP contribution in [0.25, 0.3) is 0 Å². The van der Waals surface area contributed by atoms with E-state index in [4.69, 9.17) is 0 Å². The van der Waals surface area contributed by atoms with Crippen molar-refractivity contribution in [1.29, 1.82) is 0 Å². The maximum atomic E-state index is 12.5. The van der Waals surface area contributed by atoms with Gasteiger partial charge in [0.15, 0.2) is 0 Å². The predicted octanol–water partition coefficient (Wildman–Crippen LogP) is 0.724. The zero-order valence-electron chi connectivity index (χ0n) is 12.4. The summed E-state index contributed by atoms with van der Waals surface area (Å²) in [7, 11) is 0. The molecule has 0 saturated carbocycles. The third-order valence-electron chi connectivity index (χ3n) is 3.83. The summed E-state index contributed by atoms with van der Waals surface area (Å²) in [6.45, 7) is 9.05. The number of aromatic nitrogens is 1. The average molecular weight is 276 g/mol. The van der Waals surface area contributed by atoms with Crippen molar-refractivity contribution in [1.82, 2.24) is 20.1 Å².